The van der Waals surface area contributed by atoms with Gasteiger partial charge in [-0.3, -0.25) is 14.2 Å². The molecule has 0 radical (unpaired) electrons. The maximum absolute atomic E-state index is 13.3. The van der Waals surface area contributed by atoms with Gasteiger partial charge in [-0.15, -0.1) is 0 Å². The summed E-state index contributed by atoms with van der Waals surface area (Å²) in [6, 6.07) is 15.1. The van der Waals surface area contributed by atoms with Gasteiger partial charge < -0.3 is 5.32 Å². The van der Waals surface area contributed by atoms with Crippen molar-refractivity contribution in [2.45, 2.75) is 25.4 Å². The van der Waals surface area contributed by atoms with Crippen LogP contribution in [0.4, 0.5) is 4.39 Å². The van der Waals surface area contributed by atoms with Crippen molar-refractivity contribution in [3.05, 3.63) is 87.6 Å². The van der Waals surface area contributed by atoms with E-state index < -0.39 is 11.4 Å². The molecule has 1 atom stereocenters. The molecule has 6 nitrogen and oxygen atoms in total. The van der Waals surface area contributed by atoms with Crippen molar-refractivity contribution in [2.24, 2.45) is 0 Å². The Kier molecular flexibility index (Phi) is 4.92. The summed E-state index contributed by atoms with van der Waals surface area (Å²) in [5.41, 5.74) is 2.00. The van der Waals surface area contributed by atoms with E-state index in [0.29, 0.717) is 5.56 Å². The Labute approximate surface area is 166 Å². The molecule has 29 heavy (non-hydrogen) atoms. The average Bonchev–Trinajstić information content (AvgIpc) is 3.13. The van der Waals surface area contributed by atoms with Crippen LogP contribution in [0.1, 0.15) is 29.2 Å². The summed E-state index contributed by atoms with van der Waals surface area (Å²) in [5.74, 6) is -0.570. The average molecular weight is 388 g/mol. The standard InChI is InChI=1S/C22H17FN4O2/c23-17-8-5-15(6-9-17)21-25-12-16(11-24)22(29)27(21)13-20(28)26-19-10-7-14-3-1-2-4-18(14)19/h1-6,8-9,12,19H,7,10,13H2,(H,26,28)/t19-/m0/s1. The maximum atomic E-state index is 13.3. The van der Waals surface area contributed by atoms with E-state index in [-0.39, 0.29) is 29.9 Å². The van der Waals surface area contributed by atoms with Gasteiger partial charge >= 0.3 is 0 Å². The Morgan fingerprint density at radius 1 is 1.24 bits per heavy atom. The molecule has 0 bridgehead atoms. The minimum atomic E-state index is -0.608. The monoisotopic (exact) mass is 388 g/mol. The van der Waals surface area contributed by atoms with E-state index in [4.69, 9.17) is 5.26 Å². The molecule has 1 heterocycles. The van der Waals surface area contributed by atoms with Crippen molar-refractivity contribution in [2.75, 3.05) is 0 Å². The van der Waals surface area contributed by atoms with Gasteiger partial charge in [-0.25, -0.2) is 9.37 Å². The van der Waals surface area contributed by atoms with Gasteiger partial charge in [0.15, 0.2) is 0 Å². The van der Waals surface area contributed by atoms with Crippen molar-refractivity contribution >= 4 is 5.91 Å². The Morgan fingerprint density at radius 3 is 2.76 bits per heavy atom. The number of hydrogen-bond donors (Lipinski definition) is 1. The molecule has 0 unspecified atom stereocenters. The number of hydrogen-bond acceptors (Lipinski definition) is 4. The minimum absolute atomic E-state index is 0.115. The van der Waals surface area contributed by atoms with Crippen LogP contribution in [0.25, 0.3) is 11.4 Å². The summed E-state index contributed by atoms with van der Waals surface area (Å²) in [4.78, 5) is 29.6. The second-order valence-electron chi connectivity index (χ2n) is 6.86. The van der Waals surface area contributed by atoms with Crippen LogP contribution in [0.5, 0.6) is 0 Å². The molecule has 1 N–H and O–H groups in total. The molecule has 0 spiro atoms. The van der Waals surface area contributed by atoms with Crippen molar-refractivity contribution < 1.29 is 9.18 Å². The van der Waals surface area contributed by atoms with E-state index in [0.717, 1.165) is 23.0 Å². The number of nitrogens with one attached hydrogen (secondary N) is 1. The summed E-state index contributed by atoms with van der Waals surface area (Å²) < 4.78 is 14.4. The van der Waals surface area contributed by atoms with Gasteiger partial charge in [0.25, 0.3) is 5.56 Å². The number of rotatable bonds is 4. The molecular weight excluding hydrogens is 371 g/mol. The van der Waals surface area contributed by atoms with Gasteiger partial charge in [0, 0.05) is 5.56 Å². The van der Waals surface area contributed by atoms with Gasteiger partial charge in [0.05, 0.1) is 12.2 Å². The highest BCUT2D eigenvalue weighted by atomic mass is 19.1. The van der Waals surface area contributed by atoms with Crippen LogP contribution in [0.2, 0.25) is 0 Å². The van der Waals surface area contributed by atoms with Crippen LogP contribution in [-0.4, -0.2) is 15.5 Å². The van der Waals surface area contributed by atoms with Gasteiger partial charge in [-0.1, -0.05) is 24.3 Å². The number of halogens is 1. The summed E-state index contributed by atoms with van der Waals surface area (Å²) in [6.45, 7) is -0.285. The predicted molar refractivity (Wildman–Crippen MR) is 104 cm³/mol. The van der Waals surface area contributed by atoms with Crippen molar-refractivity contribution in [3.63, 3.8) is 0 Å². The number of nitrogens with zero attached hydrogens (tertiary/aromatic N) is 3. The second-order valence-corrected chi connectivity index (χ2v) is 6.86. The molecule has 4 rings (SSSR count). The first kappa shape index (κ1) is 18.6. The third-order valence-corrected chi connectivity index (χ3v) is 5.04. The molecule has 144 valence electrons. The molecule has 2 aromatic carbocycles. The molecule has 0 aliphatic heterocycles. The minimum Gasteiger partial charge on any atom is -0.348 e. The lowest BCUT2D eigenvalue weighted by atomic mass is 10.1. The maximum Gasteiger partial charge on any atom is 0.272 e. The molecule has 1 aromatic heterocycles. The van der Waals surface area contributed by atoms with E-state index in [1.54, 1.807) is 6.07 Å². The quantitative estimate of drug-likeness (QED) is 0.744. The van der Waals surface area contributed by atoms with E-state index in [2.05, 4.69) is 10.3 Å². The molecule has 0 saturated heterocycles. The molecule has 7 heteroatoms. The predicted octanol–water partition coefficient (Wildman–Crippen LogP) is 2.72. The van der Waals surface area contributed by atoms with E-state index in [9.17, 15) is 14.0 Å². The third kappa shape index (κ3) is 3.65. The number of carbonyl (C=O) groups excluding carboxylic acids is 1. The van der Waals surface area contributed by atoms with Crippen molar-refractivity contribution in [1.29, 1.82) is 5.26 Å². The summed E-state index contributed by atoms with van der Waals surface area (Å²) in [5, 5.41) is 12.1. The molecule has 3 aromatic rings. The van der Waals surface area contributed by atoms with Gasteiger partial charge in [-0.2, -0.15) is 5.26 Å². The lowest BCUT2D eigenvalue weighted by Gasteiger charge is -2.16. The number of fused-ring (bicyclic) bond motifs is 1. The number of amides is 1. The molecule has 0 saturated carbocycles. The van der Waals surface area contributed by atoms with Crippen LogP contribution in [0.3, 0.4) is 0 Å². The normalized spacial score (nSPS) is 14.8. The molecule has 1 aliphatic rings. The smallest absolute Gasteiger partial charge is 0.272 e. The Morgan fingerprint density at radius 2 is 2.00 bits per heavy atom. The molecule has 1 amide bonds. The number of aromatic nitrogens is 2. The summed E-state index contributed by atoms with van der Waals surface area (Å²) >= 11 is 0. The first-order chi connectivity index (χ1) is 14.1. The van der Waals surface area contributed by atoms with E-state index >= 15 is 0 Å². The topological polar surface area (TPSA) is 87.8 Å². The number of carbonyl (C=O) groups is 1. The first-order valence-electron chi connectivity index (χ1n) is 9.20. The van der Waals surface area contributed by atoms with E-state index in [1.807, 2.05) is 24.3 Å². The zero-order valence-corrected chi connectivity index (χ0v) is 15.4. The molecular formula is C22H17FN4O2. The fraction of sp³-hybridized carbons (Fsp3) is 0.182. The Balaban J connectivity index is 1.64. The SMILES string of the molecule is N#Cc1cnc(-c2ccc(F)cc2)n(CC(=O)N[C@H]2CCc3ccccc32)c1=O. The first-order valence-corrected chi connectivity index (χ1v) is 9.20. The van der Waals surface area contributed by atoms with Gasteiger partial charge in [0.2, 0.25) is 5.91 Å². The van der Waals surface area contributed by atoms with Crippen LogP contribution in [0.15, 0.2) is 59.5 Å². The second kappa shape index (κ2) is 7.68. The zero-order chi connectivity index (χ0) is 20.4. The van der Waals surface area contributed by atoms with Gasteiger partial charge in [0.1, 0.15) is 29.8 Å². The fourth-order valence-corrected chi connectivity index (χ4v) is 3.64. The number of aryl methyl sites for hydroxylation is 1. The number of nitriles is 1. The largest absolute Gasteiger partial charge is 0.348 e. The highest BCUT2D eigenvalue weighted by Gasteiger charge is 2.24. The lowest BCUT2D eigenvalue weighted by Crippen LogP contribution is -2.35. The highest BCUT2D eigenvalue weighted by Crippen LogP contribution is 2.30. The zero-order valence-electron chi connectivity index (χ0n) is 15.4. The summed E-state index contributed by atoms with van der Waals surface area (Å²) in [7, 11) is 0. The van der Waals surface area contributed by atoms with E-state index in [1.165, 1.54) is 36.0 Å². The molecule has 0 fully saturated rings. The van der Waals surface area contributed by atoms with Crippen LogP contribution in [0, 0.1) is 17.1 Å². The van der Waals surface area contributed by atoms with Crippen molar-refractivity contribution in [1.82, 2.24) is 14.9 Å². The molecule has 1 aliphatic carbocycles. The van der Waals surface area contributed by atoms with Crippen LogP contribution in [-0.2, 0) is 17.8 Å². The fourth-order valence-electron chi connectivity index (χ4n) is 3.64. The summed E-state index contributed by atoms with van der Waals surface area (Å²) in [6.07, 6.45) is 2.84. The van der Waals surface area contributed by atoms with Crippen molar-refractivity contribution in [3.8, 4) is 17.5 Å². The number of benzene rings is 2. The Bertz CT molecular complexity index is 1180. The van der Waals surface area contributed by atoms with Gasteiger partial charge in [-0.05, 0) is 48.2 Å². The third-order valence-electron chi connectivity index (χ3n) is 5.04. The Hall–Kier alpha value is -3.79. The van der Waals surface area contributed by atoms with Crippen LogP contribution < -0.4 is 10.9 Å². The lowest BCUT2D eigenvalue weighted by molar-refractivity contribution is -0.122. The highest BCUT2D eigenvalue weighted by molar-refractivity contribution is 5.77. The van der Waals surface area contributed by atoms with Crippen LogP contribution >= 0.6 is 0 Å².